The number of aromatic nitrogens is 2. The van der Waals surface area contributed by atoms with Crippen LogP contribution in [0.4, 0.5) is 0 Å². The third-order valence-electron chi connectivity index (χ3n) is 4.51. The Balaban J connectivity index is 1.84. The van der Waals surface area contributed by atoms with Gasteiger partial charge in [-0.15, -0.1) is 0 Å². The minimum absolute atomic E-state index is 0.0518. The standard InChI is InChI=1S/C18H23N3O5/c1-11-19-17(26-20-11)12-6-5-7-21(10-12)18(22)13-8-14(23-2)16(25-4)15(9-13)24-3/h8-9,12H,5-7,10H2,1-4H3/t12-/m1/s1. The van der Waals surface area contributed by atoms with Crippen molar-refractivity contribution >= 4 is 5.91 Å². The van der Waals surface area contributed by atoms with Crippen LogP contribution < -0.4 is 14.2 Å². The van der Waals surface area contributed by atoms with Crippen LogP contribution in [-0.4, -0.2) is 55.4 Å². The largest absolute Gasteiger partial charge is 0.493 e. The lowest BCUT2D eigenvalue weighted by molar-refractivity contribution is 0.0695. The Kier molecular flexibility index (Phi) is 5.29. The first-order valence-corrected chi connectivity index (χ1v) is 8.46. The first-order chi connectivity index (χ1) is 12.6. The van der Waals surface area contributed by atoms with Crippen molar-refractivity contribution in [3.05, 3.63) is 29.4 Å². The second-order valence-electron chi connectivity index (χ2n) is 6.18. The van der Waals surface area contributed by atoms with Crippen LogP contribution in [0.15, 0.2) is 16.7 Å². The highest BCUT2D eigenvalue weighted by atomic mass is 16.5. The van der Waals surface area contributed by atoms with Gasteiger partial charge in [-0.25, -0.2) is 0 Å². The van der Waals surface area contributed by atoms with E-state index in [9.17, 15) is 4.79 Å². The van der Waals surface area contributed by atoms with Crippen LogP contribution in [-0.2, 0) is 0 Å². The molecular weight excluding hydrogens is 338 g/mol. The Morgan fingerprint density at radius 3 is 2.42 bits per heavy atom. The molecule has 1 atom stereocenters. The molecule has 1 saturated heterocycles. The second kappa shape index (κ2) is 7.63. The maximum absolute atomic E-state index is 13.0. The summed E-state index contributed by atoms with van der Waals surface area (Å²) in [6, 6.07) is 3.34. The van der Waals surface area contributed by atoms with Crippen LogP contribution in [0.25, 0.3) is 0 Å². The number of likely N-dealkylation sites (tertiary alicyclic amines) is 1. The molecule has 0 radical (unpaired) electrons. The summed E-state index contributed by atoms with van der Waals surface area (Å²) in [4.78, 5) is 19.1. The van der Waals surface area contributed by atoms with Gasteiger partial charge in [0.25, 0.3) is 5.91 Å². The molecule has 0 unspecified atom stereocenters. The highest BCUT2D eigenvalue weighted by Gasteiger charge is 2.29. The molecule has 8 nitrogen and oxygen atoms in total. The third-order valence-corrected chi connectivity index (χ3v) is 4.51. The number of rotatable bonds is 5. The fourth-order valence-electron chi connectivity index (χ4n) is 3.23. The summed E-state index contributed by atoms with van der Waals surface area (Å²) in [6.07, 6.45) is 1.79. The van der Waals surface area contributed by atoms with Gasteiger partial charge in [-0.1, -0.05) is 5.16 Å². The van der Waals surface area contributed by atoms with E-state index >= 15 is 0 Å². The summed E-state index contributed by atoms with van der Waals surface area (Å²) in [5.41, 5.74) is 0.488. The Morgan fingerprint density at radius 1 is 1.19 bits per heavy atom. The van der Waals surface area contributed by atoms with Crippen molar-refractivity contribution in [2.45, 2.75) is 25.7 Å². The van der Waals surface area contributed by atoms with E-state index in [-0.39, 0.29) is 11.8 Å². The molecule has 2 heterocycles. The van der Waals surface area contributed by atoms with Crippen LogP contribution in [0.3, 0.4) is 0 Å². The maximum atomic E-state index is 13.0. The van der Waals surface area contributed by atoms with E-state index in [1.165, 1.54) is 21.3 Å². The van der Waals surface area contributed by atoms with E-state index in [2.05, 4.69) is 10.1 Å². The topological polar surface area (TPSA) is 86.9 Å². The van der Waals surface area contributed by atoms with Crippen LogP contribution in [0.1, 0.15) is 40.8 Å². The molecule has 1 aromatic heterocycles. The van der Waals surface area contributed by atoms with Gasteiger partial charge < -0.3 is 23.6 Å². The van der Waals surface area contributed by atoms with Gasteiger partial charge in [0.1, 0.15) is 0 Å². The first-order valence-electron chi connectivity index (χ1n) is 8.46. The Labute approximate surface area is 152 Å². The molecule has 0 saturated carbocycles. The number of hydrogen-bond acceptors (Lipinski definition) is 7. The van der Waals surface area contributed by atoms with E-state index in [1.54, 1.807) is 24.0 Å². The van der Waals surface area contributed by atoms with Crippen LogP contribution in [0.2, 0.25) is 0 Å². The Morgan fingerprint density at radius 2 is 1.88 bits per heavy atom. The number of piperidine rings is 1. The number of ether oxygens (including phenoxy) is 3. The van der Waals surface area contributed by atoms with E-state index in [0.717, 1.165) is 12.8 Å². The fraction of sp³-hybridized carbons (Fsp3) is 0.500. The van der Waals surface area contributed by atoms with Gasteiger partial charge in [0, 0.05) is 18.7 Å². The zero-order valence-electron chi connectivity index (χ0n) is 15.4. The quantitative estimate of drug-likeness (QED) is 0.808. The Bertz CT molecular complexity index is 764. The molecule has 26 heavy (non-hydrogen) atoms. The molecule has 1 fully saturated rings. The van der Waals surface area contributed by atoms with Gasteiger partial charge in [0.2, 0.25) is 11.6 Å². The number of nitrogens with zero attached hydrogens (tertiary/aromatic N) is 3. The summed E-state index contributed by atoms with van der Waals surface area (Å²) in [5.74, 6) is 2.52. The van der Waals surface area contributed by atoms with Crippen molar-refractivity contribution in [2.75, 3.05) is 34.4 Å². The predicted molar refractivity (Wildman–Crippen MR) is 93.0 cm³/mol. The normalized spacial score (nSPS) is 17.1. The minimum Gasteiger partial charge on any atom is -0.493 e. The number of hydrogen-bond donors (Lipinski definition) is 0. The number of benzene rings is 1. The van der Waals surface area contributed by atoms with Crippen molar-refractivity contribution in [3.63, 3.8) is 0 Å². The zero-order chi connectivity index (χ0) is 18.7. The summed E-state index contributed by atoms with van der Waals surface area (Å²) >= 11 is 0. The molecule has 1 aromatic carbocycles. The monoisotopic (exact) mass is 361 g/mol. The summed E-state index contributed by atoms with van der Waals surface area (Å²) in [6.45, 7) is 3.00. The fourth-order valence-corrected chi connectivity index (χ4v) is 3.23. The SMILES string of the molecule is COc1cc(C(=O)N2CCC[C@@H](c3nc(C)no3)C2)cc(OC)c1OC. The van der Waals surface area contributed by atoms with Crippen LogP contribution in [0.5, 0.6) is 17.2 Å². The lowest BCUT2D eigenvalue weighted by Gasteiger charge is -2.31. The number of amides is 1. The molecule has 0 N–H and O–H groups in total. The molecule has 140 valence electrons. The molecule has 8 heteroatoms. The van der Waals surface area contributed by atoms with Crippen LogP contribution >= 0.6 is 0 Å². The molecule has 3 rings (SSSR count). The molecule has 1 amide bonds. The van der Waals surface area contributed by atoms with E-state index in [0.29, 0.717) is 47.6 Å². The summed E-state index contributed by atoms with van der Waals surface area (Å²) in [5, 5.41) is 3.85. The summed E-state index contributed by atoms with van der Waals surface area (Å²) in [7, 11) is 4.59. The number of aryl methyl sites for hydroxylation is 1. The smallest absolute Gasteiger partial charge is 0.254 e. The van der Waals surface area contributed by atoms with Gasteiger partial charge in [0.05, 0.1) is 27.2 Å². The van der Waals surface area contributed by atoms with Gasteiger partial charge in [-0.05, 0) is 31.9 Å². The molecule has 2 aromatic rings. The number of carbonyl (C=O) groups excluding carboxylic acids is 1. The lowest BCUT2D eigenvalue weighted by atomic mass is 9.97. The minimum atomic E-state index is -0.0924. The van der Waals surface area contributed by atoms with Crippen molar-refractivity contribution < 1.29 is 23.5 Å². The molecule has 1 aliphatic rings. The predicted octanol–water partition coefficient (Wildman–Crippen LogP) is 2.42. The molecular formula is C18H23N3O5. The highest BCUT2D eigenvalue weighted by Crippen LogP contribution is 2.39. The number of methoxy groups -OCH3 is 3. The van der Waals surface area contributed by atoms with Gasteiger partial charge in [-0.3, -0.25) is 4.79 Å². The Hall–Kier alpha value is -2.77. The van der Waals surface area contributed by atoms with Crippen LogP contribution in [0, 0.1) is 6.92 Å². The molecule has 0 aliphatic carbocycles. The molecule has 0 bridgehead atoms. The van der Waals surface area contributed by atoms with Gasteiger partial charge in [-0.2, -0.15) is 4.98 Å². The van der Waals surface area contributed by atoms with Crippen molar-refractivity contribution in [3.8, 4) is 17.2 Å². The van der Waals surface area contributed by atoms with E-state index < -0.39 is 0 Å². The highest BCUT2D eigenvalue weighted by molar-refractivity contribution is 5.95. The summed E-state index contributed by atoms with van der Waals surface area (Å²) < 4.78 is 21.3. The van der Waals surface area contributed by atoms with Gasteiger partial charge in [0.15, 0.2) is 17.3 Å². The van der Waals surface area contributed by atoms with E-state index in [1.807, 2.05) is 0 Å². The molecule has 0 spiro atoms. The second-order valence-corrected chi connectivity index (χ2v) is 6.18. The number of carbonyl (C=O) groups is 1. The lowest BCUT2D eigenvalue weighted by Crippen LogP contribution is -2.39. The molecule has 1 aliphatic heterocycles. The first kappa shape index (κ1) is 18.0. The van der Waals surface area contributed by atoms with E-state index in [4.69, 9.17) is 18.7 Å². The average Bonchev–Trinajstić information content (AvgIpc) is 3.12. The maximum Gasteiger partial charge on any atom is 0.254 e. The van der Waals surface area contributed by atoms with Crippen molar-refractivity contribution in [1.29, 1.82) is 0 Å². The van der Waals surface area contributed by atoms with Gasteiger partial charge >= 0.3 is 0 Å². The average molecular weight is 361 g/mol. The third kappa shape index (κ3) is 3.44. The van der Waals surface area contributed by atoms with Crippen molar-refractivity contribution in [1.82, 2.24) is 15.0 Å². The zero-order valence-corrected chi connectivity index (χ0v) is 15.4. The van der Waals surface area contributed by atoms with Crippen molar-refractivity contribution in [2.24, 2.45) is 0 Å².